The second-order valence-corrected chi connectivity index (χ2v) is 3.88. The summed E-state index contributed by atoms with van der Waals surface area (Å²) in [7, 11) is 0. The first-order chi connectivity index (χ1) is 8.52. The molecule has 1 nitrogen and oxygen atoms in total. The van der Waals surface area contributed by atoms with Crippen LogP contribution in [0.25, 0.3) is 0 Å². The van der Waals surface area contributed by atoms with E-state index in [1.165, 1.54) is 0 Å². The number of rotatable bonds is 3. The van der Waals surface area contributed by atoms with E-state index in [0.29, 0.717) is 6.07 Å². The van der Waals surface area contributed by atoms with E-state index in [0.717, 1.165) is 12.1 Å². The van der Waals surface area contributed by atoms with Crippen molar-refractivity contribution in [1.82, 2.24) is 0 Å². The lowest BCUT2D eigenvalue weighted by atomic mass is 10.0. The summed E-state index contributed by atoms with van der Waals surface area (Å²) in [4.78, 5) is 0. The van der Waals surface area contributed by atoms with Crippen molar-refractivity contribution in [2.24, 2.45) is 0 Å². The van der Waals surface area contributed by atoms with Gasteiger partial charge in [-0.2, -0.15) is 26.3 Å². The third-order valence-electron chi connectivity index (χ3n) is 2.39. The molecule has 19 heavy (non-hydrogen) atoms. The Labute approximate surface area is 103 Å². The molecular weight excluding hydrogens is 281 g/mol. The molecular formula is C11H9F7O. The van der Waals surface area contributed by atoms with E-state index in [-0.39, 0.29) is 0 Å². The van der Waals surface area contributed by atoms with Crippen molar-refractivity contribution < 1.29 is 35.8 Å². The highest BCUT2D eigenvalue weighted by Gasteiger charge is 2.36. The van der Waals surface area contributed by atoms with Crippen molar-refractivity contribution in [3.8, 4) is 0 Å². The molecule has 0 bridgehead atoms. The van der Waals surface area contributed by atoms with Gasteiger partial charge in [-0.1, -0.05) is 12.1 Å². The summed E-state index contributed by atoms with van der Waals surface area (Å²) in [6, 6.07) is 2.11. The van der Waals surface area contributed by atoms with Gasteiger partial charge < -0.3 is 5.11 Å². The largest absolute Gasteiger partial charge is 0.419 e. The first kappa shape index (κ1) is 15.7. The molecule has 0 spiro atoms. The lowest BCUT2D eigenvalue weighted by molar-refractivity contribution is -0.142. The Morgan fingerprint density at radius 2 is 1.63 bits per heavy atom. The molecule has 0 heterocycles. The third kappa shape index (κ3) is 4.38. The topological polar surface area (TPSA) is 20.2 Å². The molecule has 1 rings (SSSR count). The maximum Gasteiger partial charge on any atom is 0.419 e. The molecule has 1 aromatic rings. The number of hydrogen-bond donors (Lipinski definition) is 1. The highest BCUT2D eigenvalue weighted by Crippen LogP contribution is 2.35. The van der Waals surface area contributed by atoms with Crippen LogP contribution in [0.1, 0.15) is 30.1 Å². The van der Waals surface area contributed by atoms with Crippen molar-refractivity contribution in [3.05, 3.63) is 35.1 Å². The van der Waals surface area contributed by atoms with Gasteiger partial charge in [0.2, 0.25) is 0 Å². The summed E-state index contributed by atoms with van der Waals surface area (Å²) in [6.45, 7) is 0. The van der Waals surface area contributed by atoms with Gasteiger partial charge in [0.05, 0.1) is 11.7 Å². The van der Waals surface area contributed by atoms with E-state index >= 15 is 0 Å². The van der Waals surface area contributed by atoms with E-state index < -0.39 is 48.2 Å². The zero-order chi connectivity index (χ0) is 14.8. The minimum absolute atomic E-state index is 0.454. The van der Waals surface area contributed by atoms with Gasteiger partial charge in [-0.05, 0) is 12.5 Å². The van der Waals surface area contributed by atoms with Crippen LogP contribution in [0.3, 0.4) is 0 Å². The van der Waals surface area contributed by atoms with Gasteiger partial charge in [0.25, 0.3) is 0 Å². The maximum absolute atomic E-state index is 13.5. The first-order valence-electron chi connectivity index (χ1n) is 5.13. The summed E-state index contributed by atoms with van der Waals surface area (Å²) in [5.41, 5.74) is -2.41. The number of hydrogen-bond acceptors (Lipinski definition) is 1. The molecule has 0 saturated heterocycles. The zero-order valence-corrected chi connectivity index (χ0v) is 9.32. The normalized spacial score (nSPS) is 14.5. The molecule has 0 aliphatic heterocycles. The fourth-order valence-corrected chi connectivity index (χ4v) is 1.48. The van der Waals surface area contributed by atoms with Gasteiger partial charge in [0.15, 0.2) is 0 Å². The second-order valence-electron chi connectivity index (χ2n) is 3.88. The number of aliphatic hydroxyl groups excluding tert-OH is 1. The highest BCUT2D eigenvalue weighted by atomic mass is 19.4. The van der Waals surface area contributed by atoms with E-state index in [2.05, 4.69) is 0 Å². The minimum atomic E-state index is -4.97. The number of aliphatic hydroxyl groups is 1. The fraction of sp³-hybridized carbons (Fsp3) is 0.455. The molecule has 0 aromatic heterocycles. The van der Waals surface area contributed by atoms with E-state index in [9.17, 15) is 35.8 Å². The van der Waals surface area contributed by atoms with Gasteiger partial charge in [0, 0.05) is 12.0 Å². The molecule has 0 saturated carbocycles. The Balaban J connectivity index is 2.96. The monoisotopic (exact) mass is 290 g/mol. The van der Waals surface area contributed by atoms with Crippen LogP contribution < -0.4 is 0 Å². The summed E-state index contributed by atoms with van der Waals surface area (Å²) >= 11 is 0. The first-order valence-corrected chi connectivity index (χ1v) is 5.13. The predicted molar refractivity (Wildman–Crippen MR) is 51.7 cm³/mol. The number of halogens is 7. The zero-order valence-electron chi connectivity index (χ0n) is 9.32. The van der Waals surface area contributed by atoms with Crippen LogP contribution in [0, 0.1) is 5.82 Å². The van der Waals surface area contributed by atoms with E-state index in [1.807, 2.05) is 0 Å². The molecule has 0 aliphatic rings. The number of benzene rings is 1. The molecule has 0 radical (unpaired) electrons. The fourth-order valence-electron chi connectivity index (χ4n) is 1.48. The summed E-state index contributed by atoms with van der Waals surface area (Å²) in [5, 5.41) is 9.35. The van der Waals surface area contributed by atoms with E-state index in [4.69, 9.17) is 0 Å². The van der Waals surface area contributed by atoms with Crippen LogP contribution in [0.15, 0.2) is 18.2 Å². The molecule has 1 aromatic carbocycles. The molecule has 1 N–H and O–H groups in total. The molecule has 8 heteroatoms. The average molecular weight is 290 g/mol. The quantitative estimate of drug-likeness (QED) is 0.826. The minimum Gasteiger partial charge on any atom is -0.388 e. The van der Waals surface area contributed by atoms with Gasteiger partial charge in [-0.25, -0.2) is 4.39 Å². The van der Waals surface area contributed by atoms with E-state index in [1.54, 1.807) is 0 Å². The summed E-state index contributed by atoms with van der Waals surface area (Å²) in [5.74, 6) is -1.75. The Morgan fingerprint density at radius 1 is 1.05 bits per heavy atom. The summed E-state index contributed by atoms with van der Waals surface area (Å²) in [6.07, 6.45) is -13.8. The van der Waals surface area contributed by atoms with Crippen LogP contribution in [-0.4, -0.2) is 11.3 Å². The van der Waals surface area contributed by atoms with Crippen LogP contribution in [-0.2, 0) is 6.18 Å². The molecule has 108 valence electrons. The summed E-state index contributed by atoms with van der Waals surface area (Å²) < 4.78 is 86.3. The van der Waals surface area contributed by atoms with Crippen LogP contribution >= 0.6 is 0 Å². The van der Waals surface area contributed by atoms with Crippen LogP contribution in [0.4, 0.5) is 30.7 Å². The van der Waals surface area contributed by atoms with Crippen molar-refractivity contribution in [2.75, 3.05) is 0 Å². The van der Waals surface area contributed by atoms with Gasteiger partial charge in [0.1, 0.15) is 5.82 Å². The van der Waals surface area contributed by atoms with Crippen molar-refractivity contribution in [1.29, 1.82) is 0 Å². The lowest BCUT2D eigenvalue weighted by Gasteiger charge is -2.16. The molecule has 0 fully saturated rings. The highest BCUT2D eigenvalue weighted by molar-refractivity contribution is 5.29. The molecule has 1 unspecified atom stereocenters. The standard InChI is InChI=1S/C11H9F7O/c12-9-6(8(19)4-5-10(13,14)15)2-1-3-7(9)11(16,17)18/h1-3,8,19H,4-5H2. The molecule has 1 atom stereocenters. The Bertz CT molecular complexity index is 436. The number of alkyl halides is 6. The van der Waals surface area contributed by atoms with Gasteiger partial charge in [-0.15, -0.1) is 0 Å². The lowest BCUT2D eigenvalue weighted by Crippen LogP contribution is -2.14. The van der Waals surface area contributed by atoms with Crippen LogP contribution in [0.5, 0.6) is 0 Å². The predicted octanol–water partition coefficient (Wildman–Crippen LogP) is 4.22. The molecule has 0 aliphatic carbocycles. The van der Waals surface area contributed by atoms with Crippen molar-refractivity contribution >= 4 is 0 Å². The Hall–Kier alpha value is -1.31. The third-order valence-corrected chi connectivity index (χ3v) is 2.39. The smallest absolute Gasteiger partial charge is 0.388 e. The maximum atomic E-state index is 13.5. The molecule has 0 amide bonds. The van der Waals surface area contributed by atoms with Crippen molar-refractivity contribution in [3.63, 3.8) is 0 Å². The SMILES string of the molecule is OC(CCC(F)(F)F)c1cccc(C(F)(F)F)c1F. The Morgan fingerprint density at radius 3 is 2.11 bits per heavy atom. The van der Waals surface area contributed by atoms with Crippen molar-refractivity contribution in [2.45, 2.75) is 31.3 Å². The second kappa shape index (κ2) is 5.36. The van der Waals surface area contributed by atoms with Gasteiger partial charge >= 0.3 is 12.4 Å². The average Bonchev–Trinajstić information content (AvgIpc) is 2.23. The Kier molecular flexibility index (Phi) is 4.44. The van der Waals surface area contributed by atoms with Crippen LogP contribution in [0.2, 0.25) is 0 Å². The van der Waals surface area contributed by atoms with Gasteiger partial charge in [-0.3, -0.25) is 0 Å².